The van der Waals surface area contributed by atoms with Crippen LogP contribution in [0.2, 0.25) is 5.02 Å². The first-order chi connectivity index (χ1) is 17.7. The molecule has 7 nitrogen and oxygen atoms in total. The SMILES string of the molecule is O=C(CSc1nc(-c2ccccc2)n(-c2ccccc2)n1)Nc1nnc(SCc2ccccc2Cl)s1. The van der Waals surface area contributed by atoms with Gasteiger partial charge in [0.2, 0.25) is 16.2 Å². The molecule has 1 amide bonds. The van der Waals surface area contributed by atoms with Gasteiger partial charge in [-0.1, -0.05) is 113 Å². The zero-order valence-electron chi connectivity index (χ0n) is 18.7. The number of carbonyl (C=O) groups is 1. The Hall–Kier alpha value is -3.18. The Morgan fingerprint density at radius 2 is 1.64 bits per heavy atom. The van der Waals surface area contributed by atoms with Gasteiger partial charge in [-0.05, 0) is 23.8 Å². The number of hydrogen-bond donors (Lipinski definition) is 1. The number of aromatic nitrogens is 5. The minimum absolute atomic E-state index is 0.148. The molecule has 0 aliphatic heterocycles. The molecule has 0 bridgehead atoms. The van der Waals surface area contributed by atoms with Gasteiger partial charge in [-0.3, -0.25) is 10.1 Å². The zero-order chi connectivity index (χ0) is 24.7. The molecule has 5 rings (SSSR count). The van der Waals surface area contributed by atoms with Gasteiger partial charge in [0.05, 0.1) is 11.4 Å². The van der Waals surface area contributed by atoms with E-state index in [-0.39, 0.29) is 11.7 Å². The third kappa shape index (κ3) is 6.14. The van der Waals surface area contributed by atoms with Gasteiger partial charge < -0.3 is 0 Å². The molecule has 0 saturated heterocycles. The van der Waals surface area contributed by atoms with Crippen molar-refractivity contribution in [3.8, 4) is 17.1 Å². The summed E-state index contributed by atoms with van der Waals surface area (Å²) in [5, 5.41) is 17.4. The standard InChI is InChI=1S/C25H19ClN6OS3/c26-20-14-8-7-11-18(20)15-35-25-30-29-23(36-25)27-21(33)16-34-24-28-22(17-9-3-1-4-10-17)32(31-24)19-12-5-2-6-13-19/h1-14H,15-16H2,(H,27,29,33). The van der Waals surface area contributed by atoms with Gasteiger partial charge in [-0.2, -0.15) is 0 Å². The molecule has 5 aromatic rings. The van der Waals surface area contributed by atoms with Gasteiger partial charge in [-0.25, -0.2) is 9.67 Å². The van der Waals surface area contributed by atoms with Crippen molar-refractivity contribution in [3.05, 3.63) is 95.5 Å². The molecule has 2 heterocycles. The van der Waals surface area contributed by atoms with E-state index in [0.29, 0.717) is 21.9 Å². The number of benzene rings is 3. The van der Waals surface area contributed by atoms with Crippen LogP contribution in [0.1, 0.15) is 5.56 Å². The van der Waals surface area contributed by atoms with Crippen molar-refractivity contribution in [2.45, 2.75) is 15.2 Å². The Bertz CT molecular complexity index is 1400. The summed E-state index contributed by atoms with van der Waals surface area (Å²) in [4.78, 5) is 17.3. The molecule has 0 fully saturated rings. The second kappa shape index (κ2) is 11.7. The van der Waals surface area contributed by atoms with Crippen LogP contribution in [0.4, 0.5) is 5.13 Å². The molecule has 3 aromatic carbocycles. The number of hydrogen-bond acceptors (Lipinski definition) is 8. The molecule has 0 unspecified atom stereocenters. The maximum absolute atomic E-state index is 12.6. The lowest BCUT2D eigenvalue weighted by molar-refractivity contribution is -0.113. The number of nitrogens with zero attached hydrogens (tertiary/aromatic N) is 5. The van der Waals surface area contributed by atoms with Crippen molar-refractivity contribution in [1.29, 1.82) is 0 Å². The number of thioether (sulfide) groups is 2. The van der Waals surface area contributed by atoms with Gasteiger partial charge >= 0.3 is 0 Å². The van der Waals surface area contributed by atoms with E-state index >= 15 is 0 Å². The lowest BCUT2D eigenvalue weighted by atomic mass is 10.2. The van der Waals surface area contributed by atoms with Crippen molar-refractivity contribution in [3.63, 3.8) is 0 Å². The lowest BCUT2D eigenvalue weighted by Crippen LogP contribution is -2.14. The summed E-state index contributed by atoms with van der Waals surface area (Å²) in [6, 6.07) is 27.4. The average molecular weight is 551 g/mol. The number of para-hydroxylation sites is 1. The number of rotatable bonds is 9. The first kappa shape index (κ1) is 24.5. The molecule has 0 aliphatic carbocycles. The van der Waals surface area contributed by atoms with Gasteiger partial charge in [0.1, 0.15) is 0 Å². The minimum Gasteiger partial charge on any atom is -0.300 e. The molecule has 0 spiro atoms. The molecule has 0 saturated carbocycles. The molecule has 0 aliphatic rings. The van der Waals surface area contributed by atoms with Crippen LogP contribution in [0, 0.1) is 0 Å². The van der Waals surface area contributed by atoms with Crippen molar-refractivity contribution >= 4 is 57.5 Å². The van der Waals surface area contributed by atoms with Crippen LogP contribution in [-0.2, 0) is 10.5 Å². The number of anilines is 1. The quantitative estimate of drug-likeness (QED) is 0.166. The van der Waals surface area contributed by atoms with Crippen LogP contribution in [0.25, 0.3) is 17.1 Å². The first-order valence-electron chi connectivity index (χ1n) is 10.9. The molecule has 36 heavy (non-hydrogen) atoms. The van der Waals surface area contributed by atoms with Crippen molar-refractivity contribution in [1.82, 2.24) is 25.0 Å². The van der Waals surface area contributed by atoms with Gasteiger partial charge in [0.25, 0.3) is 0 Å². The second-order valence-corrected chi connectivity index (χ2v) is 11.0. The van der Waals surface area contributed by atoms with E-state index in [0.717, 1.165) is 26.2 Å². The summed E-state index contributed by atoms with van der Waals surface area (Å²) in [6.45, 7) is 0. The average Bonchev–Trinajstić information content (AvgIpc) is 3.55. The van der Waals surface area contributed by atoms with Gasteiger partial charge in [-0.15, -0.1) is 15.3 Å². The smallest absolute Gasteiger partial charge is 0.236 e. The Kier molecular flexibility index (Phi) is 7.97. The minimum atomic E-state index is -0.198. The lowest BCUT2D eigenvalue weighted by Gasteiger charge is -2.05. The van der Waals surface area contributed by atoms with E-state index in [1.165, 1.54) is 34.9 Å². The Balaban J connectivity index is 1.21. The van der Waals surface area contributed by atoms with Crippen LogP contribution >= 0.6 is 46.5 Å². The van der Waals surface area contributed by atoms with Gasteiger partial charge in [0, 0.05) is 16.3 Å². The van der Waals surface area contributed by atoms with Crippen LogP contribution in [0.5, 0.6) is 0 Å². The van der Waals surface area contributed by atoms with Crippen molar-refractivity contribution < 1.29 is 4.79 Å². The largest absolute Gasteiger partial charge is 0.300 e. The number of nitrogens with one attached hydrogen (secondary N) is 1. The van der Waals surface area contributed by atoms with Crippen molar-refractivity contribution in [2.75, 3.05) is 11.1 Å². The fraction of sp³-hybridized carbons (Fsp3) is 0.0800. The fourth-order valence-corrected chi connectivity index (χ4v) is 5.91. The molecule has 0 atom stereocenters. The molecule has 11 heteroatoms. The monoisotopic (exact) mass is 550 g/mol. The highest BCUT2D eigenvalue weighted by molar-refractivity contribution is 8.00. The molecular weight excluding hydrogens is 532 g/mol. The normalized spacial score (nSPS) is 10.9. The molecule has 0 radical (unpaired) electrons. The maximum Gasteiger partial charge on any atom is 0.236 e. The zero-order valence-corrected chi connectivity index (χ0v) is 21.9. The van der Waals surface area contributed by atoms with Crippen LogP contribution in [-0.4, -0.2) is 36.6 Å². The maximum atomic E-state index is 12.6. The predicted octanol–water partition coefficient (Wildman–Crippen LogP) is 6.46. The fourth-order valence-electron chi connectivity index (χ4n) is 3.24. The number of carbonyl (C=O) groups excluding carboxylic acids is 1. The van der Waals surface area contributed by atoms with Crippen molar-refractivity contribution in [2.24, 2.45) is 0 Å². The summed E-state index contributed by atoms with van der Waals surface area (Å²) in [7, 11) is 0. The predicted molar refractivity (Wildman–Crippen MR) is 147 cm³/mol. The summed E-state index contributed by atoms with van der Waals surface area (Å²) in [5.74, 6) is 1.34. The molecule has 2 aromatic heterocycles. The van der Waals surface area contributed by atoms with Crippen LogP contribution in [0.15, 0.2) is 94.4 Å². The number of halogens is 1. The van der Waals surface area contributed by atoms with E-state index in [1.807, 2.05) is 84.9 Å². The van der Waals surface area contributed by atoms with Crippen LogP contribution in [0.3, 0.4) is 0 Å². The summed E-state index contributed by atoms with van der Waals surface area (Å²) in [5.41, 5.74) is 2.87. The summed E-state index contributed by atoms with van der Waals surface area (Å²) in [6.07, 6.45) is 0. The highest BCUT2D eigenvalue weighted by Crippen LogP contribution is 2.31. The highest BCUT2D eigenvalue weighted by Gasteiger charge is 2.16. The third-order valence-electron chi connectivity index (χ3n) is 4.91. The van der Waals surface area contributed by atoms with E-state index in [4.69, 9.17) is 16.6 Å². The van der Waals surface area contributed by atoms with Crippen LogP contribution < -0.4 is 5.32 Å². The van der Waals surface area contributed by atoms with Gasteiger partial charge in [0.15, 0.2) is 10.2 Å². The number of amides is 1. The van der Waals surface area contributed by atoms with E-state index in [9.17, 15) is 4.79 Å². The Morgan fingerprint density at radius 3 is 2.42 bits per heavy atom. The van der Waals surface area contributed by atoms with E-state index in [1.54, 1.807) is 4.68 Å². The third-order valence-corrected chi connectivity index (χ3v) is 8.14. The molecule has 1 N–H and O–H groups in total. The Labute approximate surface area is 225 Å². The Morgan fingerprint density at radius 1 is 0.917 bits per heavy atom. The summed E-state index contributed by atoms with van der Waals surface area (Å²) < 4.78 is 2.55. The molecule has 180 valence electrons. The topological polar surface area (TPSA) is 85.6 Å². The molecular formula is C25H19ClN6OS3. The van der Waals surface area contributed by atoms with E-state index in [2.05, 4.69) is 20.6 Å². The van der Waals surface area contributed by atoms with E-state index < -0.39 is 0 Å². The first-order valence-corrected chi connectivity index (χ1v) is 14.0. The highest BCUT2D eigenvalue weighted by atomic mass is 35.5. The summed E-state index contributed by atoms with van der Waals surface area (Å²) >= 11 is 10.3. The second-order valence-electron chi connectivity index (χ2n) is 7.42.